The Morgan fingerprint density at radius 3 is 2.14 bits per heavy atom. The molecule has 2 aromatic carbocycles. The van der Waals surface area contributed by atoms with Gasteiger partial charge >= 0.3 is 5.97 Å². The molecule has 0 aliphatic rings. The quantitative estimate of drug-likeness (QED) is 0.869. The van der Waals surface area contributed by atoms with Gasteiger partial charge in [0.2, 0.25) is 0 Å². The zero-order valence-electron chi connectivity index (χ0n) is 13.2. The molecular weight excluding hydrogens is 276 g/mol. The van der Waals surface area contributed by atoms with Crippen molar-refractivity contribution in [2.24, 2.45) is 0 Å². The first-order valence-electron chi connectivity index (χ1n) is 7.50. The normalized spacial score (nSPS) is 12.2. The van der Waals surface area contributed by atoms with Gasteiger partial charge in [0.05, 0.1) is 0 Å². The van der Waals surface area contributed by atoms with E-state index < -0.39 is 12.1 Å². The minimum atomic E-state index is -0.950. The summed E-state index contributed by atoms with van der Waals surface area (Å²) in [5.74, 6) is 0.0958. The Bertz CT molecular complexity index is 612. The van der Waals surface area contributed by atoms with Crippen LogP contribution in [0.2, 0.25) is 0 Å². The summed E-state index contributed by atoms with van der Waals surface area (Å²) in [6.07, 6.45) is -0.533. The highest BCUT2D eigenvalue weighted by atomic mass is 16.5. The van der Waals surface area contributed by atoms with Gasteiger partial charge in [0.1, 0.15) is 5.75 Å². The molecule has 0 saturated heterocycles. The van der Waals surface area contributed by atoms with Crippen molar-refractivity contribution in [2.75, 3.05) is 0 Å². The van der Waals surface area contributed by atoms with Crippen molar-refractivity contribution in [2.45, 2.75) is 39.2 Å². The molecule has 22 heavy (non-hydrogen) atoms. The number of carboxylic acids is 1. The average molecular weight is 298 g/mol. The predicted molar refractivity (Wildman–Crippen MR) is 87.5 cm³/mol. The molecule has 0 amide bonds. The first kappa shape index (κ1) is 16.1. The van der Waals surface area contributed by atoms with Crippen LogP contribution in [-0.2, 0) is 11.2 Å². The lowest BCUT2D eigenvalue weighted by Crippen LogP contribution is -2.29. The highest BCUT2D eigenvalue weighted by molar-refractivity contribution is 5.73. The molecule has 0 aliphatic heterocycles. The van der Waals surface area contributed by atoms with Crippen LogP contribution in [0.15, 0.2) is 48.5 Å². The van der Waals surface area contributed by atoms with Crippen LogP contribution < -0.4 is 4.74 Å². The van der Waals surface area contributed by atoms with Crippen LogP contribution >= 0.6 is 0 Å². The summed E-state index contributed by atoms with van der Waals surface area (Å²) in [4.78, 5) is 11.4. The lowest BCUT2D eigenvalue weighted by atomic mass is 10.00. The number of hydrogen-bond donors (Lipinski definition) is 1. The number of carboxylic acid groups (broad SMARTS) is 1. The average Bonchev–Trinajstić information content (AvgIpc) is 2.49. The fourth-order valence-corrected chi connectivity index (χ4v) is 2.21. The summed E-state index contributed by atoms with van der Waals surface area (Å²) in [5.41, 5.74) is 3.32. The molecule has 0 aliphatic carbocycles. The molecular formula is C19H22O3. The summed E-state index contributed by atoms with van der Waals surface area (Å²) in [7, 11) is 0. The van der Waals surface area contributed by atoms with E-state index in [4.69, 9.17) is 4.74 Å². The third kappa shape index (κ3) is 4.35. The molecule has 0 unspecified atom stereocenters. The molecule has 3 nitrogen and oxygen atoms in total. The third-order valence-electron chi connectivity index (χ3n) is 3.64. The SMILES string of the molecule is Cc1ccc(O[C@@H](Cc2ccc(C(C)C)cc2)C(=O)O)cc1. The molecule has 0 aromatic heterocycles. The van der Waals surface area contributed by atoms with Gasteiger partial charge in [-0.2, -0.15) is 0 Å². The van der Waals surface area contributed by atoms with Crippen molar-refractivity contribution in [3.8, 4) is 5.75 Å². The zero-order valence-corrected chi connectivity index (χ0v) is 13.2. The monoisotopic (exact) mass is 298 g/mol. The van der Waals surface area contributed by atoms with Crippen molar-refractivity contribution in [3.05, 3.63) is 65.2 Å². The number of aryl methyl sites for hydroxylation is 1. The van der Waals surface area contributed by atoms with Crippen molar-refractivity contribution in [3.63, 3.8) is 0 Å². The number of rotatable bonds is 6. The third-order valence-corrected chi connectivity index (χ3v) is 3.64. The minimum Gasteiger partial charge on any atom is -0.478 e. The molecule has 0 fully saturated rings. The zero-order chi connectivity index (χ0) is 16.1. The minimum absolute atomic E-state index is 0.349. The molecule has 2 aromatic rings. The van der Waals surface area contributed by atoms with Crippen molar-refractivity contribution in [1.29, 1.82) is 0 Å². The van der Waals surface area contributed by atoms with Gasteiger partial charge in [0, 0.05) is 6.42 Å². The highest BCUT2D eigenvalue weighted by Crippen LogP contribution is 2.18. The molecule has 0 saturated carbocycles. The Kier molecular flexibility index (Phi) is 5.21. The molecule has 1 atom stereocenters. The van der Waals surface area contributed by atoms with Crippen molar-refractivity contribution >= 4 is 5.97 Å². The van der Waals surface area contributed by atoms with E-state index in [0.29, 0.717) is 18.1 Å². The molecule has 0 heterocycles. The number of carbonyl (C=O) groups is 1. The molecule has 116 valence electrons. The maximum Gasteiger partial charge on any atom is 0.345 e. The largest absolute Gasteiger partial charge is 0.478 e. The predicted octanol–water partition coefficient (Wildman–Crippen LogP) is 4.19. The molecule has 2 rings (SSSR count). The van der Waals surface area contributed by atoms with Gasteiger partial charge in [-0.1, -0.05) is 55.8 Å². The Morgan fingerprint density at radius 1 is 1.05 bits per heavy atom. The van der Waals surface area contributed by atoms with E-state index in [1.807, 2.05) is 43.3 Å². The lowest BCUT2D eigenvalue weighted by molar-refractivity contribution is -0.145. The van der Waals surface area contributed by atoms with E-state index >= 15 is 0 Å². The van der Waals surface area contributed by atoms with Crippen molar-refractivity contribution in [1.82, 2.24) is 0 Å². The van der Waals surface area contributed by atoms with E-state index in [0.717, 1.165) is 11.1 Å². The van der Waals surface area contributed by atoms with Gasteiger partial charge in [0.15, 0.2) is 6.10 Å². The molecule has 0 radical (unpaired) electrons. The molecule has 1 N–H and O–H groups in total. The van der Waals surface area contributed by atoms with E-state index in [9.17, 15) is 9.90 Å². The van der Waals surface area contributed by atoms with Crippen molar-refractivity contribution < 1.29 is 14.6 Å². The second-order valence-corrected chi connectivity index (χ2v) is 5.86. The van der Waals surface area contributed by atoms with Crippen LogP contribution in [0.5, 0.6) is 5.75 Å². The van der Waals surface area contributed by atoms with Crippen LogP contribution in [-0.4, -0.2) is 17.2 Å². The number of benzene rings is 2. The van der Waals surface area contributed by atoms with Gasteiger partial charge in [0.25, 0.3) is 0 Å². The highest BCUT2D eigenvalue weighted by Gasteiger charge is 2.20. The smallest absolute Gasteiger partial charge is 0.345 e. The van der Waals surface area contributed by atoms with Crippen LogP contribution in [0.25, 0.3) is 0 Å². The van der Waals surface area contributed by atoms with E-state index in [-0.39, 0.29) is 0 Å². The Morgan fingerprint density at radius 2 is 1.64 bits per heavy atom. The van der Waals surface area contributed by atoms with E-state index in [2.05, 4.69) is 13.8 Å². The lowest BCUT2D eigenvalue weighted by Gasteiger charge is -2.16. The van der Waals surface area contributed by atoms with Gasteiger partial charge < -0.3 is 9.84 Å². The standard InChI is InChI=1S/C19H22O3/c1-13(2)16-8-6-15(7-9-16)12-18(19(20)21)22-17-10-4-14(3)5-11-17/h4-11,13,18H,12H2,1-3H3,(H,20,21)/t18-/m0/s1. The Balaban J connectivity index is 2.08. The summed E-state index contributed by atoms with van der Waals surface area (Å²) in [5, 5.41) is 9.37. The topological polar surface area (TPSA) is 46.5 Å². The molecule has 3 heteroatoms. The second kappa shape index (κ2) is 7.12. The summed E-state index contributed by atoms with van der Waals surface area (Å²) >= 11 is 0. The first-order valence-corrected chi connectivity index (χ1v) is 7.50. The van der Waals surface area contributed by atoms with E-state index in [1.54, 1.807) is 12.1 Å². The molecule has 0 bridgehead atoms. The van der Waals surface area contributed by atoms with Gasteiger partial charge in [-0.3, -0.25) is 0 Å². The summed E-state index contributed by atoms with van der Waals surface area (Å²) in [6.45, 7) is 6.25. The summed E-state index contributed by atoms with van der Waals surface area (Å²) in [6, 6.07) is 15.5. The Labute approximate surface area is 131 Å². The Hall–Kier alpha value is -2.29. The number of hydrogen-bond acceptors (Lipinski definition) is 2. The van der Waals surface area contributed by atoms with Gasteiger partial charge in [-0.15, -0.1) is 0 Å². The van der Waals surface area contributed by atoms with Gasteiger partial charge in [-0.05, 0) is 36.1 Å². The van der Waals surface area contributed by atoms with Gasteiger partial charge in [-0.25, -0.2) is 4.79 Å². The maximum atomic E-state index is 11.4. The second-order valence-electron chi connectivity index (χ2n) is 5.86. The van der Waals surface area contributed by atoms with Crippen LogP contribution in [0.1, 0.15) is 36.5 Å². The van der Waals surface area contributed by atoms with E-state index in [1.165, 1.54) is 5.56 Å². The molecule has 0 spiro atoms. The number of ether oxygens (including phenoxy) is 1. The van der Waals surface area contributed by atoms with Crippen LogP contribution in [0.3, 0.4) is 0 Å². The maximum absolute atomic E-state index is 11.4. The number of aliphatic carboxylic acids is 1. The first-order chi connectivity index (χ1) is 10.5. The van der Waals surface area contributed by atoms with Crippen LogP contribution in [0, 0.1) is 6.92 Å². The summed E-state index contributed by atoms with van der Waals surface area (Å²) < 4.78 is 5.61. The fourth-order valence-electron chi connectivity index (χ4n) is 2.21. The fraction of sp³-hybridized carbons (Fsp3) is 0.316. The van der Waals surface area contributed by atoms with Crippen LogP contribution in [0.4, 0.5) is 0 Å².